The van der Waals surface area contributed by atoms with Gasteiger partial charge in [0.25, 0.3) is 0 Å². The molecule has 138 valence electrons. The van der Waals surface area contributed by atoms with Crippen molar-refractivity contribution in [1.82, 2.24) is 14.5 Å². The van der Waals surface area contributed by atoms with E-state index in [4.69, 9.17) is 11.6 Å². The normalized spacial score (nSPS) is 11.0. The topological polar surface area (TPSA) is 74.5 Å². The van der Waals surface area contributed by atoms with E-state index in [1.54, 1.807) is 29.0 Å². The SMILES string of the molecule is N#Cc1cccc(-n2c(=O)[nH]c3cnc4ccc(-c5ccc(Cl)cc5)cc4c32)c1. The number of fused-ring (bicyclic) bond motifs is 3. The van der Waals surface area contributed by atoms with Crippen molar-refractivity contribution in [2.24, 2.45) is 0 Å². The highest BCUT2D eigenvalue weighted by Crippen LogP contribution is 2.29. The Kier molecular flexibility index (Phi) is 3.94. The zero-order valence-corrected chi connectivity index (χ0v) is 15.8. The van der Waals surface area contributed by atoms with Crippen molar-refractivity contribution in [3.63, 3.8) is 0 Å². The van der Waals surface area contributed by atoms with Gasteiger partial charge in [-0.2, -0.15) is 5.26 Å². The maximum atomic E-state index is 12.8. The number of hydrogen-bond acceptors (Lipinski definition) is 3. The van der Waals surface area contributed by atoms with Gasteiger partial charge in [0.2, 0.25) is 0 Å². The smallest absolute Gasteiger partial charge is 0.304 e. The summed E-state index contributed by atoms with van der Waals surface area (Å²) in [4.78, 5) is 20.1. The molecule has 1 N–H and O–H groups in total. The third-order valence-electron chi connectivity index (χ3n) is 4.92. The Bertz CT molecular complexity index is 1490. The van der Waals surface area contributed by atoms with E-state index >= 15 is 0 Å². The number of nitriles is 1. The molecule has 0 amide bonds. The first-order chi connectivity index (χ1) is 14.1. The van der Waals surface area contributed by atoms with E-state index in [1.807, 2.05) is 48.5 Å². The number of nitrogens with zero attached hydrogens (tertiary/aromatic N) is 3. The number of halogens is 1. The molecule has 0 unspecified atom stereocenters. The minimum absolute atomic E-state index is 0.277. The van der Waals surface area contributed by atoms with Crippen LogP contribution in [0.3, 0.4) is 0 Å². The van der Waals surface area contributed by atoms with Crippen molar-refractivity contribution in [3.8, 4) is 22.9 Å². The van der Waals surface area contributed by atoms with Gasteiger partial charge in [-0.15, -0.1) is 0 Å². The molecule has 29 heavy (non-hydrogen) atoms. The maximum Gasteiger partial charge on any atom is 0.331 e. The lowest BCUT2D eigenvalue weighted by Gasteiger charge is -2.08. The van der Waals surface area contributed by atoms with Gasteiger partial charge in [-0.3, -0.25) is 9.55 Å². The van der Waals surface area contributed by atoms with Gasteiger partial charge in [-0.1, -0.05) is 35.9 Å². The Hall–Kier alpha value is -3.88. The molecular weight excluding hydrogens is 384 g/mol. The summed E-state index contributed by atoms with van der Waals surface area (Å²) in [6.07, 6.45) is 1.66. The first-order valence-corrected chi connectivity index (χ1v) is 9.32. The van der Waals surface area contributed by atoms with Crippen molar-refractivity contribution in [1.29, 1.82) is 5.26 Å². The van der Waals surface area contributed by atoms with Gasteiger partial charge >= 0.3 is 5.69 Å². The Labute approximate surface area is 170 Å². The molecule has 5 aromatic rings. The van der Waals surface area contributed by atoms with E-state index in [9.17, 15) is 10.1 Å². The third kappa shape index (κ3) is 2.87. The van der Waals surface area contributed by atoms with Gasteiger partial charge in [-0.25, -0.2) is 4.79 Å². The summed E-state index contributed by atoms with van der Waals surface area (Å²) in [7, 11) is 0. The third-order valence-corrected chi connectivity index (χ3v) is 5.17. The van der Waals surface area contributed by atoms with Crippen molar-refractivity contribution in [2.45, 2.75) is 0 Å². The standard InChI is InChI=1S/C23H13ClN4O/c24-17-7-4-15(5-8-17)16-6-9-20-19(11-16)22-21(13-26-20)27-23(29)28(22)18-3-1-2-14(10-18)12-25/h1-11,13H,(H,27,29). The first kappa shape index (κ1) is 17.2. The number of hydrogen-bond donors (Lipinski definition) is 1. The van der Waals surface area contributed by atoms with Crippen molar-refractivity contribution < 1.29 is 0 Å². The van der Waals surface area contributed by atoms with E-state index in [0.717, 1.165) is 27.5 Å². The fraction of sp³-hybridized carbons (Fsp3) is 0. The summed E-state index contributed by atoms with van der Waals surface area (Å²) >= 11 is 6.01. The van der Waals surface area contributed by atoms with Crippen LogP contribution in [0, 0.1) is 11.3 Å². The van der Waals surface area contributed by atoms with Crippen LogP contribution in [0.4, 0.5) is 0 Å². The van der Waals surface area contributed by atoms with E-state index < -0.39 is 0 Å². The highest BCUT2D eigenvalue weighted by Gasteiger charge is 2.14. The number of aromatic amines is 1. The Morgan fingerprint density at radius 1 is 1.00 bits per heavy atom. The number of H-pyrrole nitrogens is 1. The number of pyridine rings is 1. The molecule has 0 saturated carbocycles. The van der Waals surface area contributed by atoms with E-state index in [0.29, 0.717) is 21.8 Å². The number of nitrogens with one attached hydrogen (secondary N) is 1. The zero-order valence-electron chi connectivity index (χ0n) is 15.1. The van der Waals surface area contributed by atoms with Crippen molar-refractivity contribution in [2.75, 3.05) is 0 Å². The minimum Gasteiger partial charge on any atom is -0.304 e. The van der Waals surface area contributed by atoms with Crippen LogP contribution in [0.25, 0.3) is 38.8 Å². The molecular formula is C23H13ClN4O. The lowest BCUT2D eigenvalue weighted by atomic mass is 10.0. The van der Waals surface area contributed by atoms with E-state index in [2.05, 4.69) is 16.0 Å². The highest BCUT2D eigenvalue weighted by molar-refractivity contribution is 6.30. The second-order valence-corrected chi connectivity index (χ2v) is 7.12. The molecule has 0 spiro atoms. The van der Waals surface area contributed by atoms with Gasteiger partial charge < -0.3 is 4.98 Å². The molecule has 6 heteroatoms. The Balaban J connectivity index is 1.83. The van der Waals surface area contributed by atoms with Gasteiger partial charge in [0.05, 0.1) is 40.1 Å². The van der Waals surface area contributed by atoms with Gasteiger partial charge in [0.15, 0.2) is 0 Å². The van der Waals surface area contributed by atoms with Crippen LogP contribution in [0.5, 0.6) is 0 Å². The number of imidazole rings is 1. The average molecular weight is 397 g/mol. The fourth-order valence-corrected chi connectivity index (χ4v) is 3.69. The van der Waals surface area contributed by atoms with Crippen LogP contribution < -0.4 is 5.69 Å². The summed E-state index contributed by atoms with van der Waals surface area (Å²) in [5.41, 5.74) is 5.00. The summed E-state index contributed by atoms with van der Waals surface area (Å²) in [5, 5.41) is 10.8. The number of benzene rings is 3. The summed E-state index contributed by atoms with van der Waals surface area (Å²) < 4.78 is 1.59. The lowest BCUT2D eigenvalue weighted by Crippen LogP contribution is -2.14. The molecule has 0 fully saturated rings. The van der Waals surface area contributed by atoms with Gasteiger partial charge in [0.1, 0.15) is 0 Å². The summed E-state index contributed by atoms with van der Waals surface area (Å²) in [6.45, 7) is 0. The second kappa shape index (κ2) is 6.62. The molecule has 2 aromatic heterocycles. The van der Waals surface area contributed by atoms with Crippen LogP contribution in [0.2, 0.25) is 5.02 Å². The highest BCUT2D eigenvalue weighted by atomic mass is 35.5. The molecule has 0 saturated heterocycles. The van der Waals surface area contributed by atoms with Crippen LogP contribution in [-0.4, -0.2) is 14.5 Å². The van der Waals surface area contributed by atoms with Gasteiger partial charge in [0, 0.05) is 10.4 Å². The largest absolute Gasteiger partial charge is 0.331 e. The zero-order chi connectivity index (χ0) is 20.0. The van der Waals surface area contributed by atoms with E-state index in [1.165, 1.54) is 0 Å². The van der Waals surface area contributed by atoms with Crippen molar-refractivity contribution in [3.05, 3.63) is 94.0 Å². The van der Waals surface area contributed by atoms with E-state index in [-0.39, 0.29) is 5.69 Å². The monoisotopic (exact) mass is 396 g/mol. The predicted molar refractivity (Wildman–Crippen MR) is 114 cm³/mol. The molecule has 0 bridgehead atoms. The molecule has 5 nitrogen and oxygen atoms in total. The summed E-state index contributed by atoms with van der Waals surface area (Å²) in [6, 6.07) is 22.7. The predicted octanol–water partition coefficient (Wildman–Crippen LogP) is 5.06. The van der Waals surface area contributed by atoms with Crippen LogP contribution >= 0.6 is 11.6 Å². The van der Waals surface area contributed by atoms with Gasteiger partial charge in [-0.05, 0) is 53.6 Å². The van der Waals surface area contributed by atoms with Crippen LogP contribution in [-0.2, 0) is 0 Å². The fourth-order valence-electron chi connectivity index (χ4n) is 3.57. The second-order valence-electron chi connectivity index (χ2n) is 6.69. The maximum absolute atomic E-state index is 12.8. The Morgan fingerprint density at radius 3 is 2.59 bits per heavy atom. The molecule has 0 aliphatic rings. The minimum atomic E-state index is -0.277. The number of rotatable bonds is 2. The average Bonchev–Trinajstić information content (AvgIpc) is 3.10. The molecule has 0 radical (unpaired) electrons. The lowest BCUT2D eigenvalue weighted by molar-refractivity contribution is 1.02. The van der Waals surface area contributed by atoms with Crippen molar-refractivity contribution >= 4 is 33.5 Å². The molecule has 0 aliphatic carbocycles. The quantitative estimate of drug-likeness (QED) is 0.453. The Morgan fingerprint density at radius 2 is 1.79 bits per heavy atom. The molecule has 2 heterocycles. The van der Waals surface area contributed by atoms with Crippen LogP contribution in [0.15, 0.2) is 77.7 Å². The molecule has 0 aliphatic heterocycles. The summed E-state index contributed by atoms with van der Waals surface area (Å²) in [5.74, 6) is 0. The molecule has 3 aromatic carbocycles. The van der Waals surface area contributed by atoms with Crippen LogP contribution in [0.1, 0.15) is 5.56 Å². The number of aromatic nitrogens is 3. The molecule has 5 rings (SSSR count). The first-order valence-electron chi connectivity index (χ1n) is 8.94. The molecule has 0 atom stereocenters.